The molecule has 10 N–H and O–H groups in total. The summed E-state index contributed by atoms with van der Waals surface area (Å²) in [5.74, 6) is 3.24. The van der Waals surface area contributed by atoms with Gasteiger partial charge >= 0.3 is 5.97 Å². The second-order valence-electron chi connectivity index (χ2n) is 28.2. The third kappa shape index (κ3) is 13.9. The van der Waals surface area contributed by atoms with Crippen molar-refractivity contribution in [2.75, 3.05) is 13.1 Å². The second-order valence-corrected chi connectivity index (χ2v) is 28.2. The summed E-state index contributed by atoms with van der Waals surface area (Å²) < 4.78 is 0. The summed E-state index contributed by atoms with van der Waals surface area (Å²) in [6.45, 7) is 19.8. The molecule has 22 atom stereocenters. The first-order chi connectivity index (χ1) is 35.6. The number of nitrogens with one attached hydrogen (secondary N) is 1. The van der Waals surface area contributed by atoms with E-state index in [0.29, 0.717) is 66.1 Å². The average Bonchev–Trinajstić information content (AvgIpc) is 3.92. The number of unbranched alkanes of at least 4 members (excludes halogenated alkanes) is 10. The number of aliphatic hydroxyl groups is 6. The number of nitrogens with two attached hydrogens (primary N) is 1. The fourth-order valence-electron chi connectivity index (χ4n) is 19.5. The van der Waals surface area contributed by atoms with Gasteiger partial charge in [-0.3, -0.25) is 9.59 Å². The molecular weight excluding hydrogens is 941 g/mol. The highest BCUT2D eigenvalue weighted by Gasteiger charge is 2.67. The van der Waals surface area contributed by atoms with E-state index < -0.39 is 12.1 Å². The quantitative estimate of drug-likeness (QED) is 0.0496. The lowest BCUT2D eigenvalue weighted by Crippen LogP contribution is -2.62. The standard InChI is InChI=1S/C32H57NO4.C24H40O5.C8H19N/c1-5-6-7-8-9-10-17-33-29(37)14-11-21(2)24-12-13-25-30-26(20-28(36)32(24,25)4)31(3)16-15-23(34)18-22(31)19-27(30)35;1-13(4-7-21(28)29)16-5-6-17-22-18(12-20(27)24(16,17)3)23(2)9-8-15(25)10-14(23)11-19(22)26;1-2-3-4-5-6-7-8-9/h21-28,30,34-36H,5-20H2,1-4H3,(H,33,37);13-20,22,25-27H,4-12H2,1-3H3,(H,28,29);2-9H2,1H3/t21?,22-,23+,24+,25-,26-,27+,28-,30?,31-,32+;13?,14-,15+,16+,17-,18-,19+,20-,22?,23-,24+;/m00./s1. The summed E-state index contributed by atoms with van der Waals surface area (Å²) in [6, 6.07) is 0. The van der Waals surface area contributed by atoms with Crippen molar-refractivity contribution >= 4 is 11.9 Å². The largest absolute Gasteiger partial charge is 0.481 e. The lowest BCUT2D eigenvalue weighted by atomic mass is 9.43. The van der Waals surface area contributed by atoms with Crippen molar-refractivity contribution in [3.8, 4) is 0 Å². The third-order valence-electron chi connectivity index (χ3n) is 24.1. The van der Waals surface area contributed by atoms with Crippen LogP contribution in [0.1, 0.15) is 248 Å². The van der Waals surface area contributed by atoms with Crippen LogP contribution >= 0.6 is 0 Å². The van der Waals surface area contributed by atoms with Crippen molar-refractivity contribution in [3.05, 3.63) is 0 Å². The Morgan fingerprint density at radius 2 is 0.947 bits per heavy atom. The molecule has 75 heavy (non-hydrogen) atoms. The summed E-state index contributed by atoms with van der Waals surface area (Å²) in [7, 11) is 0. The van der Waals surface area contributed by atoms with Crippen LogP contribution in [0.15, 0.2) is 0 Å². The molecule has 0 spiro atoms. The van der Waals surface area contributed by atoms with Crippen LogP contribution in [-0.4, -0.2) is 97.3 Å². The Kier molecular flexibility index (Phi) is 23.4. The molecule has 0 saturated heterocycles. The second kappa shape index (κ2) is 27.9. The van der Waals surface area contributed by atoms with Crippen molar-refractivity contribution in [3.63, 3.8) is 0 Å². The van der Waals surface area contributed by atoms with Gasteiger partial charge in [-0.2, -0.15) is 0 Å². The van der Waals surface area contributed by atoms with E-state index in [-0.39, 0.29) is 82.3 Å². The van der Waals surface area contributed by atoms with Crippen molar-refractivity contribution in [1.29, 1.82) is 0 Å². The highest BCUT2D eigenvalue weighted by molar-refractivity contribution is 5.75. The van der Waals surface area contributed by atoms with Crippen molar-refractivity contribution in [2.24, 2.45) is 98.4 Å². The van der Waals surface area contributed by atoms with Crippen LogP contribution < -0.4 is 11.1 Å². The fourth-order valence-corrected chi connectivity index (χ4v) is 19.5. The molecule has 0 heterocycles. The van der Waals surface area contributed by atoms with Gasteiger partial charge in [0.25, 0.3) is 0 Å². The van der Waals surface area contributed by atoms with Crippen LogP contribution in [0.25, 0.3) is 0 Å². The molecule has 436 valence electrons. The highest BCUT2D eigenvalue weighted by Crippen LogP contribution is 2.70. The van der Waals surface area contributed by atoms with E-state index in [0.717, 1.165) is 116 Å². The number of fused-ring (bicyclic) bond motifs is 10. The Bertz CT molecular complexity index is 1750. The van der Waals surface area contributed by atoms with E-state index in [2.05, 4.69) is 60.7 Å². The Labute approximate surface area is 456 Å². The van der Waals surface area contributed by atoms with Crippen LogP contribution in [0, 0.1) is 92.7 Å². The minimum atomic E-state index is -0.748. The topological polar surface area (TPSA) is 214 Å². The van der Waals surface area contributed by atoms with Crippen molar-refractivity contribution in [1.82, 2.24) is 5.32 Å². The maximum atomic E-state index is 12.5. The van der Waals surface area contributed by atoms with Gasteiger partial charge in [0.05, 0.1) is 36.6 Å². The van der Waals surface area contributed by atoms with Crippen LogP contribution in [0.2, 0.25) is 0 Å². The zero-order valence-corrected chi connectivity index (χ0v) is 49.0. The number of carboxylic acid groups (broad SMARTS) is 1. The number of carbonyl (C=O) groups is 2. The molecule has 0 aromatic carbocycles. The summed E-state index contributed by atoms with van der Waals surface area (Å²) in [5, 5.41) is 78.6. The molecule has 1 amide bonds. The van der Waals surface area contributed by atoms with E-state index in [1.54, 1.807) is 0 Å². The number of hydrogen-bond donors (Lipinski definition) is 9. The molecule has 4 unspecified atom stereocenters. The van der Waals surface area contributed by atoms with Crippen LogP contribution in [0.3, 0.4) is 0 Å². The molecule has 8 aliphatic carbocycles. The summed E-state index contributed by atoms with van der Waals surface area (Å²) in [4.78, 5) is 23.6. The van der Waals surface area contributed by atoms with E-state index in [1.807, 2.05) is 0 Å². The molecule has 0 aromatic heterocycles. The number of carbonyl (C=O) groups excluding carboxylic acids is 1. The van der Waals surface area contributed by atoms with Gasteiger partial charge < -0.3 is 46.8 Å². The zero-order valence-electron chi connectivity index (χ0n) is 49.0. The molecule has 8 rings (SSSR count). The molecule has 0 bridgehead atoms. The van der Waals surface area contributed by atoms with Gasteiger partial charge in [0, 0.05) is 19.4 Å². The lowest BCUT2D eigenvalue weighted by molar-refractivity contribution is -0.207. The fraction of sp³-hybridized carbons (Fsp3) is 0.969. The number of amides is 1. The molecule has 11 heteroatoms. The van der Waals surface area contributed by atoms with E-state index in [1.165, 1.54) is 70.6 Å². The maximum Gasteiger partial charge on any atom is 0.303 e. The van der Waals surface area contributed by atoms with Crippen LogP contribution in [0.5, 0.6) is 0 Å². The van der Waals surface area contributed by atoms with Gasteiger partial charge in [0.15, 0.2) is 0 Å². The van der Waals surface area contributed by atoms with Gasteiger partial charge in [-0.05, 0) is 215 Å². The van der Waals surface area contributed by atoms with Gasteiger partial charge in [-0.15, -0.1) is 0 Å². The zero-order chi connectivity index (χ0) is 54.9. The predicted molar refractivity (Wildman–Crippen MR) is 301 cm³/mol. The lowest BCUT2D eigenvalue weighted by Gasteiger charge is -2.63. The van der Waals surface area contributed by atoms with Crippen molar-refractivity contribution in [2.45, 2.75) is 285 Å². The molecule has 0 aliphatic heterocycles. The first kappa shape index (κ1) is 62.9. The molecule has 0 aromatic rings. The molecular formula is C64H116N2O9. The Morgan fingerprint density at radius 1 is 0.533 bits per heavy atom. The molecule has 0 radical (unpaired) electrons. The van der Waals surface area contributed by atoms with Crippen LogP contribution in [-0.2, 0) is 9.59 Å². The molecule has 8 fully saturated rings. The third-order valence-corrected chi connectivity index (χ3v) is 24.1. The number of aliphatic carboxylic acids is 1. The van der Waals surface area contributed by atoms with E-state index >= 15 is 0 Å². The smallest absolute Gasteiger partial charge is 0.303 e. The van der Waals surface area contributed by atoms with Gasteiger partial charge in [-0.1, -0.05) is 120 Å². The Balaban J connectivity index is 0.000000214. The Morgan fingerprint density at radius 3 is 1.37 bits per heavy atom. The first-order valence-electron chi connectivity index (χ1n) is 31.9. The number of rotatable bonds is 21. The van der Waals surface area contributed by atoms with Crippen LogP contribution in [0.4, 0.5) is 0 Å². The number of aliphatic hydroxyl groups excluding tert-OH is 6. The normalized spacial score (nSPS) is 43.3. The van der Waals surface area contributed by atoms with Gasteiger partial charge in [0.1, 0.15) is 0 Å². The highest BCUT2D eigenvalue weighted by atomic mass is 16.4. The summed E-state index contributed by atoms with van der Waals surface area (Å²) in [5.41, 5.74) is 5.13. The molecule has 11 nitrogen and oxygen atoms in total. The van der Waals surface area contributed by atoms with Gasteiger partial charge in [0.2, 0.25) is 5.91 Å². The van der Waals surface area contributed by atoms with E-state index in [4.69, 9.17) is 10.8 Å². The molecule has 8 saturated carbocycles. The number of carboxylic acids is 1. The minimum Gasteiger partial charge on any atom is -0.481 e. The summed E-state index contributed by atoms with van der Waals surface area (Å²) >= 11 is 0. The average molecular weight is 1060 g/mol. The predicted octanol–water partition coefficient (Wildman–Crippen LogP) is 11.6. The minimum absolute atomic E-state index is 0.0957. The SMILES string of the molecule is CC(CCC(=O)O)[C@H]1CC[C@H]2C3[C@H](O)C[C@@H]4C[C@H](O)CC[C@]4(C)[C@H]3C[C@H](O)[C@]12C.CCCCCCCCN.CCCCCCCCNC(=O)CCC(C)[C@H]1CC[C@H]2C3[C@H](O)C[C@@H]4C[C@H](O)CC[C@]4(C)[C@H]3C[C@H](O)[C@]12C. The molecule has 8 aliphatic rings. The maximum absolute atomic E-state index is 12.5. The van der Waals surface area contributed by atoms with Crippen molar-refractivity contribution < 1.29 is 45.3 Å². The Hall–Kier alpha value is -1.34. The monoisotopic (exact) mass is 1060 g/mol. The van der Waals surface area contributed by atoms with Gasteiger partial charge in [-0.25, -0.2) is 0 Å². The first-order valence-corrected chi connectivity index (χ1v) is 31.9. The summed E-state index contributed by atoms with van der Waals surface area (Å²) in [6.07, 6.45) is 28.4. The number of hydrogen-bond acceptors (Lipinski definition) is 9. The van der Waals surface area contributed by atoms with E-state index in [9.17, 15) is 40.2 Å².